The molecule has 2 aromatic rings. The van der Waals surface area contributed by atoms with Crippen molar-refractivity contribution in [3.63, 3.8) is 0 Å². The van der Waals surface area contributed by atoms with Gasteiger partial charge in [-0.25, -0.2) is 4.99 Å². The first-order chi connectivity index (χ1) is 14.9. The first-order valence-corrected chi connectivity index (χ1v) is 12.9. The molecule has 2 aromatic carbocycles. The van der Waals surface area contributed by atoms with E-state index in [1.165, 1.54) is 11.8 Å². The first-order valence-electron chi connectivity index (χ1n) is 9.96. The summed E-state index contributed by atoms with van der Waals surface area (Å²) in [7, 11) is -3.18. The summed E-state index contributed by atoms with van der Waals surface area (Å²) >= 11 is 7.71. The van der Waals surface area contributed by atoms with E-state index in [0.717, 1.165) is 21.6 Å². The lowest BCUT2D eigenvalue weighted by Gasteiger charge is -2.17. The number of hydrogen-bond donors (Lipinski definition) is 1. The lowest BCUT2D eigenvalue weighted by molar-refractivity contribution is 0.0978. The maximum Gasteiger partial charge on any atom is 0.335 e. The van der Waals surface area contributed by atoms with Gasteiger partial charge in [0.2, 0.25) is 0 Å². The molecule has 1 atom stereocenters. The lowest BCUT2D eigenvalue weighted by atomic mass is 10.1. The molecule has 0 bridgehead atoms. The molecule has 1 unspecified atom stereocenters. The Labute approximate surface area is 190 Å². The fraction of sp³-hybridized carbons (Fsp3) is 0.273. The maximum absolute atomic E-state index is 12.7. The fourth-order valence-electron chi connectivity index (χ4n) is 3.53. The van der Waals surface area contributed by atoms with E-state index >= 15 is 0 Å². The Morgan fingerprint density at radius 1 is 1.16 bits per heavy atom. The van der Waals surface area contributed by atoms with E-state index in [1.807, 2.05) is 24.3 Å². The van der Waals surface area contributed by atoms with E-state index < -0.39 is 7.60 Å². The van der Waals surface area contributed by atoms with E-state index in [4.69, 9.17) is 20.6 Å². The molecule has 162 valence electrons. The number of amides is 1. The number of carbonyl (C=O) groups is 1. The molecular weight excluding hydrogens is 455 g/mol. The summed E-state index contributed by atoms with van der Waals surface area (Å²) in [6.45, 7) is 4.18. The highest BCUT2D eigenvalue weighted by Crippen LogP contribution is 2.51. The van der Waals surface area contributed by atoms with Crippen LogP contribution in [0.3, 0.4) is 0 Å². The Kier molecular flexibility index (Phi) is 6.70. The van der Waals surface area contributed by atoms with Gasteiger partial charge in [0.15, 0.2) is 5.17 Å². The molecule has 0 aromatic heterocycles. The molecule has 1 aliphatic heterocycles. The van der Waals surface area contributed by atoms with Gasteiger partial charge in [0.25, 0.3) is 5.91 Å². The fourth-order valence-corrected chi connectivity index (χ4v) is 6.46. The van der Waals surface area contributed by atoms with E-state index in [2.05, 4.69) is 10.3 Å². The zero-order chi connectivity index (χ0) is 22.0. The van der Waals surface area contributed by atoms with E-state index in [9.17, 15) is 9.36 Å². The van der Waals surface area contributed by atoms with Crippen molar-refractivity contribution in [2.24, 2.45) is 4.99 Å². The third-order valence-corrected chi connectivity index (χ3v) is 8.23. The average Bonchev–Trinajstić information content (AvgIpc) is 3.27. The average molecular weight is 477 g/mol. The Hall–Kier alpha value is -1.89. The zero-order valence-electron chi connectivity index (χ0n) is 17.1. The molecule has 0 saturated heterocycles. The van der Waals surface area contributed by atoms with Crippen LogP contribution in [0.15, 0.2) is 52.4 Å². The SMILES string of the molecule is CCOP(=O)(Cc1ccc(C(=O)NC2=NC3C(=Cc4c(Cl)cccc43)S2)cc1)OCC. The minimum Gasteiger partial charge on any atom is -0.309 e. The van der Waals surface area contributed by atoms with Crippen molar-refractivity contribution in [1.82, 2.24) is 5.32 Å². The molecule has 4 rings (SSSR count). The summed E-state index contributed by atoms with van der Waals surface area (Å²) in [5.74, 6) is -0.248. The third-order valence-electron chi connectivity index (χ3n) is 4.86. The molecule has 1 N–H and O–H groups in total. The number of carbonyl (C=O) groups excluding carboxylic acids is 1. The molecule has 1 heterocycles. The molecule has 31 heavy (non-hydrogen) atoms. The molecule has 0 radical (unpaired) electrons. The molecule has 0 saturated carbocycles. The highest BCUT2D eigenvalue weighted by Gasteiger charge is 2.33. The van der Waals surface area contributed by atoms with E-state index in [1.54, 1.807) is 38.1 Å². The van der Waals surface area contributed by atoms with Crippen molar-refractivity contribution in [2.45, 2.75) is 26.1 Å². The Morgan fingerprint density at radius 3 is 2.55 bits per heavy atom. The predicted octanol–water partition coefficient (Wildman–Crippen LogP) is 6.03. The normalized spacial score (nSPS) is 17.1. The van der Waals surface area contributed by atoms with Crippen LogP contribution in [-0.4, -0.2) is 24.3 Å². The van der Waals surface area contributed by atoms with Crippen molar-refractivity contribution < 1.29 is 18.4 Å². The minimum absolute atomic E-state index is 0.109. The van der Waals surface area contributed by atoms with Crippen molar-refractivity contribution in [2.75, 3.05) is 13.2 Å². The molecule has 1 amide bonds. The van der Waals surface area contributed by atoms with Gasteiger partial charge >= 0.3 is 7.60 Å². The van der Waals surface area contributed by atoms with Gasteiger partial charge in [0.1, 0.15) is 6.04 Å². The van der Waals surface area contributed by atoms with Crippen LogP contribution in [0.2, 0.25) is 5.02 Å². The van der Waals surface area contributed by atoms with Gasteiger partial charge in [-0.1, -0.05) is 47.6 Å². The van der Waals surface area contributed by atoms with Gasteiger partial charge in [0.05, 0.1) is 19.4 Å². The summed E-state index contributed by atoms with van der Waals surface area (Å²) in [6.07, 6.45) is 2.19. The van der Waals surface area contributed by atoms with Crippen LogP contribution in [0.1, 0.15) is 46.9 Å². The molecule has 0 spiro atoms. The second kappa shape index (κ2) is 9.31. The van der Waals surface area contributed by atoms with Gasteiger partial charge < -0.3 is 14.4 Å². The number of thioether (sulfide) groups is 1. The second-order valence-corrected chi connectivity index (χ2v) is 10.5. The Bertz CT molecular complexity index is 1110. The minimum atomic E-state index is -3.18. The third kappa shape index (κ3) is 4.81. The standard InChI is InChI=1S/C22H22ClN2O4PS/c1-3-28-30(27,29-4-2)13-14-8-10-15(11-9-14)21(26)25-22-24-20-16-6-5-7-18(23)17(16)12-19(20)31-22/h5-12,20H,3-4,13H2,1-2H3,(H,24,25,26). The predicted molar refractivity (Wildman–Crippen MR) is 126 cm³/mol. The van der Waals surface area contributed by atoms with E-state index in [-0.39, 0.29) is 18.1 Å². The van der Waals surface area contributed by atoms with Crippen LogP contribution in [-0.2, 0) is 19.8 Å². The Balaban J connectivity index is 1.42. The second-order valence-electron chi connectivity index (χ2n) is 6.98. The molecule has 1 aliphatic carbocycles. The number of hydrogen-bond acceptors (Lipinski definition) is 6. The van der Waals surface area contributed by atoms with Crippen LogP contribution in [0, 0.1) is 0 Å². The van der Waals surface area contributed by atoms with Crippen molar-refractivity contribution in [3.8, 4) is 0 Å². The smallest absolute Gasteiger partial charge is 0.309 e. The first kappa shape index (κ1) is 22.3. The summed E-state index contributed by atoms with van der Waals surface area (Å²) in [5.41, 5.74) is 3.32. The molecular formula is C22H22ClN2O4PS. The zero-order valence-corrected chi connectivity index (χ0v) is 19.6. The summed E-state index contributed by atoms with van der Waals surface area (Å²) in [5, 5.41) is 4.14. The van der Waals surface area contributed by atoms with Gasteiger partial charge in [-0.2, -0.15) is 0 Å². The molecule has 2 aliphatic rings. The number of aliphatic imine (C=N–C) groups is 1. The number of benzene rings is 2. The van der Waals surface area contributed by atoms with Crippen LogP contribution in [0.25, 0.3) is 6.08 Å². The molecule has 9 heteroatoms. The summed E-state index contributed by atoms with van der Waals surface area (Å²) < 4.78 is 23.3. The van der Waals surface area contributed by atoms with E-state index in [0.29, 0.717) is 29.0 Å². The van der Waals surface area contributed by atoms with Gasteiger partial charge in [-0.05, 0) is 54.8 Å². The topological polar surface area (TPSA) is 77.0 Å². The lowest BCUT2D eigenvalue weighted by Crippen LogP contribution is -2.27. The van der Waals surface area contributed by atoms with Crippen molar-refractivity contribution in [1.29, 1.82) is 0 Å². The van der Waals surface area contributed by atoms with Crippen LogP contribution in [0.5, 0.6) is 0 Å². The highest BCUT2D eigenvalue weighted by molar-refractivity contribution is 8.17. The van der Waals surface area contributed by atoms with Gasteiger partial charge in [-0.3, -0.25) is 9.36 Å². The Morgan fingerprint density at radius 2 is 1.87 bits per heavy atom. The monoisotopic (exact) mass is 476 g/mol. The number of nitrogens with one attached hydrogen (secondary N) is 1. The quantitative estimate of drug-likeness (QED) is 0.493. The van der Waals surface area contributed by atoms with Gasteiger partial charge in [0, 0.05) is 15.5 Å². The largest absolute Gasteiger partial charge is 0.335 e. The summed E-state index contributed by atoms with van der Waals surface area (Å²) in [6, 6.07) is 12.6. The number of nitrogens with zero attached hydrogens (tertiary/aromatic N) is 1. The van der Waals surface area contributed by atoms with Crippen LogP contribution >= 0.6 is 31.0 Å². The molecule has 6 nitrogen and oxygen atoms in total. The highest BCUT2D eigenvalue weighted by atomic mass is 35.5. The summed E-state index contributed by atoms with van der Waals surface area (Å²) in [4.78, 5) is 18.4. The number of fused-ring (bicyclic) bond motifs is 3. The van der Waals surface area contributed by atoms with Crippen LogP contribution in [0.4, 0.5) is 0 Å². The van der Waals surface area contributed by atoms with Gasteiger partial charge in [-0.15, -0.1) is 0 Å². The number of rotatable bonds is 7. The number of amidine groups is 1. The van der Waals surface area contributed by atoms with Crippen molar-refractivity contribution >= 4 is 48.1 Å². The maximum atomic E-state index is 12.7. The van der Waals surface area contributed by atoms with Crippen molar-refractivity contribution in [3.05, 3.63) is 74.6 Å². The number of halogens is 1. The molecule has 0 fully saturated rings. The van der Waals surface area contributed by atoms with Crippen LogP contribution < -0.4 is 5.32 Å².